The van der Waals surface area contributed by atoms with E-state index in [1.165, 1.54) is 42.9 Å². The third-order valence-corrected chi connectivity index (χ3v) is 5.32. The molecule has 134 valence electrons. The van der Waals surface area contributed by atoms with E-state index in [9.17, 15) is 4.39 Å². The molecule has 3 heteroatoms. The van der Waals surface area contributed by atoms with Crippen LogP contribution in [0.15, 0.2) is 42.6 Å². The zero-order valence-electron chi connectivity index (χ0n) is 15.1. The van der Waals surface area contributed by atoms with Crippen molar-refractivity contribution in [3.63, 3.8) is 0 Å². The Kier molecular flexibility index (Phi) is 6.43. The van der Waals surface area contributed by atoms with Gasteiger partial charge >= 0.3 is 0 Å². The molecule has 1 aliphatic rings. The normalized spacial score (nSPS) is 20.4. The summed E-state index contributed by atoms with van der Waals surface area (Å²) >= 11 is 0. The van der Waals surface area contributed by atoms with Crippen LogP contribution in [-0.4, -0.2) is 11.6 Å². The summed E-state index contributed by atoms with van der Waals surface area (Å²) in [6, 6.07) is 12.0. The number of nitrogens with zero attached hydrogens (tertiary/aromatic N) is 1. The highest BCUT2D eigenvalue weighted by Gasteiger charge is 2.23. The van der Waals surface area contributed by atoms with Crippen LogP contribution in [0.1, 0.15) is 74.8 Å². The molecule has 1 heterocycles. The number of benzene rings is 1. The van der Waals surface area contributed by atoms with E-state index in [1.54, 1.807) is 6.20 Å². The molecular weight excluding hydrogens is 313 g/mol. The fourth-order valence-electron chi connectivity index (χ4n) is 3.77. The lowest BCUT2D eigenvalue weighted by Crippen LogP contribution is -2.12. The largest absolute Gasteiger partial charge is 0.494 e. The minimum Gasteiger partial charge on any atom is -0.494 e. The number of pyridine rings is 1. The van der Waals surface area contributed by atoms with Crippen LogP contribution >= 0.6 is 0 Å². The molecule has 0 atom stereocenters. The van der Waals surface area contributed by atoms with Gasteiger partial charge in [-0.15, -0.1) is 0 Å². The summed E-state index contributed by atoms with van der Waals surface area (Å²) in [4.78, 5) is 3.80. The van der Waals surface area contributed by atoms with Crippen molar-refractivity contribution < 1.29 is 9.13 Å². The first-order chi connectivity index (χ1) is 12.3. The molecular formula is C22H28FNO. The van der Waals surface area contributed by atoms with Gasteiger partial charge in [0, 0.05) is 6.20 Å². The lowest BCUT2D eigenvalue weighted by Gasteiger charge is -2.29. The molecule has 0 amide bonds. The molecule has 0 aliphatic heterocycles. The van der Waals surface area contributed by atoms with Crippen LogP contribution < -0.4 is 4.74 Å². The molecule has 2 aromatic rings. The molecule has 1 aliphatic carbocycles. The average Bonchev–Trinajstić information content (AvgIpc) is 2.67. The summed E-state index contributed by atoms with van der Waals surface area (Å²) in [5, 5.41) is 0. The Labute approximate surface area is 150 Å². The topological polar surface area (TPSA) is 22.1 Å². The van der Waals surface area contributed by atoms with Crippen molar-refractivity contribution >= 4 is 0 Å². The van der Waals surface area contributed by atoms with Gasteiger partial charge in [-0.25, -0.2) is 4.98 Å². The first-order valence-corrected chi connectivity index (χ1v) is 9.60. The van der Waals surface area contributed by atoms with Gasteiger partial charge in [0.25, 0.3) is 0 Å². The number of unbranched alkanes of at least 4 members (excludes halogenated alkanes) is 2. The van der Waals surface area contributed by atoms with Crippen LogP contribution in [0.2, 0.25) is 0 Å². The Bertz CT molecular complexity index is 630. The minimum absolute atomic E-state index is 0.394. The van der Waals surface area contributed by atoms with Gasteiger partial charge in [0.05, 0.1) is 6.61 Å². The summed E-state index contributed by atoms with van der Waals surface area (Å²) in [7, 11) is 0. The van der Waals surface area contributed by atoms with Crippen LogP contribution in [0.3, 0.4) is 0 Å². The maximum absolute atomic E-state index is 13.0. The van der Waals surface area contributed by atoms with Crippen LogP contribution in [0.25, 0.3) is 0 Å². The standard InChI is InChI=1S/C22H28FNO/c1-2-3-4-15-25-21-12-9-18(10-13-21)17-5-7-19(8-6-17)20-11-14-22(23)24-16-20/h9-14,16-17,19H,2-8,15H2,1H3/t17-,19-. The van der Waals surface area contributed by atoms with Gasteiger partial charge in [-0.3, -0.25) is 0 Å². The second kappa shape index (κ2) is 8.98. The lowest BCUT2D eigenvalue weighted by atomic mass is 9.76. The van der Waals surface area contributed by atoms with E-state index in [2.05, 4.69) is 36.2 Å². The first kappa shape index (κ1) is 17.9. The van der Waals surface area contributed by atoms with Gasteiger partial charge in [-0.1, -0.05) is 38.0 Å². The smallest absolute Gasteiger partial charge is 0.212 e. The molecule has 0 N–H and O–H groups in total. The molecule has 0 radical (unpaired) electrons. The quantitative estimate of drug-likeness (QED) is 0.440. The molecule has 0 unspecified atom stereocenters. The van der Waals surface area contributed by atoms with Crippen LogP contribution in [0, 0.1) is 5.95 Å². The Morgan fingerprint density at radius 2 is 1.56 bits per heavy atom. The third-order valence-electron chi connectivity index (χ3n) is 5.32. The third kappa shape index (κ3) is 5.04. The Morgan fingerprint density at radius 3 is 2.16 bits per heavy atom. The van der Waals surface area contributed by atoms with E-state index in [-0.39, 0.29) is 0 Å². The second-order valence-corrected chi connectivity index (χ2v) is 7.09. The molecule has 1 fully saturated rings. The summed E-state index contributed by atoms with van der Waals surface area (Å²) in [6.07, 6.45) is 9.92. The molecule has 3 rings (SSSR count). The van der Waals surface area contributed by atoms with E-state index in [4.69, 9.17) is 4.74 Å². The highest BCUT2D eigenvalue weighted by molar-refractivity contribution is 5.30. The van der Waals surface area contributed by atoms with E-state index in [1.807, 2.05) is 6.07 Å². The lowest BCUT2D eigenvalue weighted by molar-refractivity contribution is 0.306. The monoisotopic (exact) mass is 341 g/mol. The zero-order valence-corrected chi connectivity index (χ0v) is 15.1. The number of rotatable bonds is 7. The number of hydrogen-bond donors (Lipinski definition) is 0. The number of halogens is 1. The van der Waals surface area contributed by atoms with Crippen molar-refractivity contribution in [1.29, 1.82) is 0 Å². The van der Waals surface area contributed by atoms with Gasteiger partial charge in [-0.05, 0) is 73.3 Å². The zero-order chi connectivity index (χ0) is 17.5. The molecule has 2 nitrogen and oxygen atoms in total. The summed E-state index contributed by atoms with van der Waals surface area (Å²) in [5.41, 5.74) is 2.59. The highest BCUT2D eigenvalue weighted by Crippen LogP contribution is 2.40. The molecule has 25 heavy (non-hydrogen) atoms. The Morgan fingerprint density at radius 1 is 0.920 bits per heavy atom. The second-order valence-electron chi connectivity index (χ2n) is 7.09. The molecule has 1 aromatic heterocycles. The first-order valence-electron chi connectivity index (χ1n) is 9.60. The van der Waals surface area contributed by atoms with Gasteiger partial charge in [0.1, 0.15) is 5.75 Å². The fourth-order valence-corrected chi connectivity index (χ4v) is 3.77. The molecule has 0 saturated heterocycles. The van der Waals surface area contributed by atoms with Crippen LogP contribution in [0.5, 0.6) is 5.75 Å². The van der Waals surface area contributed by atoms with Crippen molar-refractivity contribution in [2.24, 2.45) is 0 Å². The van der Waals surface area contributed by atoms with Crippen molar-refractivity contribution in [3.05, 3.63) is 59.7 Å². The van der Waals surface area contributed by atoms with Gasteiger partial charge in [-0.2, -0.15) is 4.39 Å². The van der Waals surface area contributed by atoms with Gasteiger partial charge in [0.15, 0.2) is 0 Å². The van der Waals surface area contributed by atoms with E-state index < -0.39 is 5.95 Å². The molecule has 0 bridgehead atoms. The number of ether oxygens (including phenoxy) is 1. The van der Waals surface area contributed by atoms with Crippen molar-refractivity contribution in [2.45, 2.75) is 63.7 Å². The van der Waals surface area contributed by atoms with E-state index >= 15 is 0 Å². The van der Waals surface area contributed by atoms with Crippen LogP contribution in [-0.2, 0) is 0 Å². The van der Waals surface area contributed by atoms with Crippen molar-refractivity contribution in [1.82, 2.24) is 4.98 Å². The summed E-state index contributed by atoms with van der Waals surface area (Å²) in [5.74, 6) is 1.73. The fraction of sp³-hybridized carbons (Fsp3) is 0.500. The molecule has 1 aromatic carbocycles. The van der Waals surface area contributed by atoms with E-state index in [0.29, 0.717) is 11.8 Å². The predicted octanol–water partition coefficient (Wildman–Crippen LogP) is 6.23. The molecule has 0 spiro atoms. The maximum Gasteiger partial charge on any atom is 0.212 e. The highest BCUT2D eigenvalue weighted by atomic mass is 19.1. The molecule has 1 saturated carbocycles. The van der Waals surface area contributed by atoms with Crippen molar-refractivity contribution in [2.75, 3.05) is 6.61 Å². The Hall–Kier alpha value is -1.90. The van der Waals surface area contributed by atoms with Gasteiger partial charge < -0.3 is 4.74 Å². The summed E-state index contributed by atoms with van der Waals surface area (Å²) < 4.78 is 18.8. The van der Waals surface area contributed by atoms with E-state index in [0.717, 1.165) is 31.6 Å². The van der Waals surface area contributed by atoms with Gasteiger partial charge in [0.2, 0.25) is 5.95 Å². The number of hydrogen-bond acceptors (Lipinski definition) is 2. The average molecular weight is 341 g/mol. The summed E-state index contributed by atoms with van der Waals surface area (Å²) in [6.45, 7) is 3.01. The maximum atomic E-state index is 13.0. The minimum atomic E-state index is -0.394. The number of aromatic nitrogens is 1. The SMILES string of the molecule is CCCCCOc1ccc([C@H]2CC[C@H](c3ccc(F)nc3)CC2)cc1. The predicted molar refractivity (Wildman–Crippen MR) is 99.6 cm³/mol. The van der Waals surface area contributed by atoms with Crippen molar-refractivity contribution in [3.8, 4) is 5.75 Å². The van der Waals surface area contributed by atoms with Crippen LogP contribution in [0.4, 0.5) is 4.39 Å². The Balaban J connectivity index is 1.50.